The van der Waals surface area contributed by atoms with E-state index < -0.39 is 6.10 Å². The molecule has 0 radical (unpaired) electrons. The van der Waals surface area contributed by atoms with E-state index in [2.05, 4.69) is 5.32 Å². The predicted molar refractivity (Wildman–Crippen MR) is 65.9 cm³/mol. The topological polar surface area (TPSA) is 58.6 Å². The van der Waals surface area contributed by atoms with Gasteiger partial charge in [-0.25, -0.2) is 0 Å². The second kappa shape index (κ2) is 6.91. The molecule has 0 fully saturated rings. The molecule has 94 valence electrons. The number of rotatable bonds is 6. The van der Waals surface area contributed by atoms with Gasteiger partial charge in [0.25, 0.3) is 5.91 Å². The first kappa shape index (κ1) is 13.5. The number of hydrogen-bond donors (Lipinski definition) is 2. The fourth-order valence-electron chi connectivity index (χ4n) is 1.33. The Morgan fingerprint density at radius 1 is 1.53 bits per heavy atom. The van der Waals surface area contributed by atoms with Gasteiger partial charge in [0, 0.05) is 6.54 Å². The van der Waals surface area contributed by atoms with Crippen LogP contribution < -0.4 is 10.1 Å². The predicted octanol–water partition coefficient (Wildman–Crippen LogP) is 1.64. The first-order valence-electron chi connectivity index (χ1n) is 5.81. The summed E-state index contributed by atoms with van der Waals surface area (Å²) >= 11 is 0. The maximum absolute atomic E-state index is 11.3. The lowest BCUT2D eigenvalue weighted by Crippen LogP contribution is -2.29. The molecule has 0 aromatic heterocycles. The average Bonchev–Trinajstić information content (AvgIpc) is 2.34. The molecule has 0 saturated heterocycles. The number of carbonyl (C=O) groups excluding carboxylic acids is 1. The number of nitrogens with one attached hydrogen (secondary N) is 1. The summed E-state index contributed by atoms with van der Waals surface area (Å²) in [7, 11) is 0. The molecule has 1 atom stereocenters. The Balaban J connectivity index is 2.46. The molecule has 0 aliphatic carbocycles. The largest absolute Gasteiger partial charge is 0.484 e. The summed E-state index contributed by atoms with van der Waals surface area (Å²) < 4.78 is 5.33. The van der Waals surface area contributed by atoms with E-state index in [9.17, 15) is 9.90 Å². The van der Waals surface area contributed by atoms with Crippen LogP contribution in [0.4, 0.5) is 0 Å². The van der Waals surface area contributed by atoms with E-state index in [1.54, 1.807) is 25.1 Å². The van der Waals surface area contributed by atoms with Gasteiger partial charge in [0.05, 0.1) is 6.10 Å². The van der Waals surface area contributed by atoms with Gasteiger partial charge >= 0.3 is 0 Å². The summed E-state index contributed by atoms with van der Waals surface area (Å²) in [6.07, 6.45) is 0.371. The number of amides is 1. The van der Waals surface area contributed by atoms with Gasteiger partial charge in [-0.15, -0.1) is 0 Å². The monoisotopic (exact) mass is 237 g/mol. The molecule has 0 unspecified atom stereocenters. The van der Waals surface area contributed by atoms with Gasteiger partial charge in [0.1, 0.15) is 5.75 Å². The molecule has 2 N–H and O–H groups in total. The van der Waals surface area contributed by atoms with Gasteiger partial charge in [0.2, 0.25) is 0 Å². The molecule has 1 aromatic rings. The molecular formula is C13H19NO3. The summed E-state index contributed by atoms with van der Waals surface area (Å²) in [4.78, 5) is 11.3. The van der Waals surface area contributed by atoms with Gasteiger partial charge in [-0.3, -0.25) is 4.79 Å². The van der Waals surface area contributed by atoms with Crippen LogP contribution in [-0.2, 0) is 4.79 Å². The highest BCUT2D eigenvalue weighted by Crippen LogP contribution is 2.18. The third kappa shape index (κ3) is 4.87. The summed E-state index contributed by atoms with van der Waals surface area (Å²) in [5.74, 6) is 0.462. The summed E-state index contributed by atoms with van der Waals surface area (Å²) in [6, 6.07) is 7.10. The van der Waals surface area contributed by atoms with Crippen molar-refractivity contribution in [2.75, 3.05) is 13.2 Å². The molecule has 0 heterocycles. The summed E-state index contributed by atoms with van der Waals surface area (Å²) in [6.45, 7) is 4.35. The summed E-state index contributed by atoms with van der Waals surface area (Å²) in [5.41, 5.74) is 0.775. The Hall–Kier alpha value is -1.55. The fourth-order valence-corrected chi connectivity index (χ4v) is 1.33. The van der Waals surface area contributed by atoms with Gasteiger partial charge in [-0.1, -0.05) is 19.1 Å². The van der Waals surface area contributed by atoms with Crippen molar-refractivity contribution in [2.45, 2.75) is 26.4 Å². The highest BCUT2D eigenvalue weighted by atomic mass is 16.5. The lowest BCUT2D eigenvalue weighted by Gasteiger charge is -2.09. The van der Waals surface area contributed by atoms with E-state index in [0.29, 0.717) is 12.3 Å². The molecule has 0 spiro atoms. The van der Waals surface area contributed by atoms with Crippen LogP contribution in [0.1, 0.15) is 31.9 Å². The number of aliphatic hydroxyl groups excluding tert-OH is 1. The van der Waals surface area contributed by atoms with Crippen molar-refractivity contribution >= 4 is 5.91 Å². The number of aliphatic hydroxyl groups is 1. The van der Waals surface area contributed by atoms with Crippen molar-refractivity contribution in [2.24, 2.45) is 0 Å². The molecule has 0 saturated carbocycles. The molecule has 0 bridgehead atoms. The molecular weight excluding hydrogens is 218 g/mol. The number of hydrogen-bond acceptors (Lipinski definition) is 3. The zero-order chi connectivity index (χ0) is 12.7. The second-order valence-corrected chi connectivity index (χ2v) is 3.89. The first-order chi connectivity index (χ1) is 8.13. The highest BCUT2D eigenvalue weighted by Gasteiger charge is 2.04. The third-order valence-electron chi connectivity index (χ3n) is 2.28. The van der Waals surface area contributed by atoms with Crippen LogP contribution in [0.5, 0.6) is 5.75 Å². The van der Waals surface area contributed by atoms with E-state index in [0.717, 1.165) is 12.0 Å². The van der Waals surface area contributed by atoms with Gasteiger partial charge < -0.3 is 15.2 Å². The van der Waals surface area contributed by atoms with Crippen molar-refractivity contribution in [1.29, 1.82) is 0 Å². The van der Waals surface area contributed by atoms with Gasteiger partial charge in [0.15, 0.2) is 6.61 Å². The van der Waals surface area contributed by atoms with Crippen LogP contribution in [0.25, 0.3) is 0 Å². The molecule has 4 nitrogen and oxygen atoms in total. The summed E-state index contributed by atoms with van der Waals surface area (Å²) in [5, 5.41) is 12.1. The minimum absolute atomic E-state index is 0.00324. The highest BCUT2D eigenvalue weighted by molar-refractivity contribution is 5.77. The fraction of sp³-hybridized carbons (Fsp3) is 0.462. The van der Waals surface area contributed by atoms with E-state index in [1.807, 2.05) is 13.0 Å². The minimum atomic E-state index is -0.535. The lowest BCUT2D eigenvalue weighted by atomic mass is 10.1. The van der Waals surface area contributed by atoms with E-state index in [1.165, 1.54) is 0 Å². The van der Waals surface area contributed by atoms with Crippen LogP contribution in [0, 0.1) is 0 Å². The van der Waals surface area contributed by atoms with Crippen LogP contribution in [-0.4, -0.2) is 24.2 Å². The van der Waals surface area contributed by atoms with E-state index >= 15 is 0 Å². The Kier molecular flexibility index (Phi) is 5.49. The maximum atomic E-state index is 11.3. The van der Waals surface area contributed by atoms with Crippen LogP contribution in [0.2, 0.25) is 0 Å². The van der Waals surface area contributed by atoms with Crippen molar-refractivity contribution < 1.29 is 14.6 Å². The Labute approximate surface area is 102 Å². The number of ether oxygens (including phenoxy) is 1. The number of benzene rings is 1. The van der Waals surface area contributed by atoms with Crippen LogP contribution in [0.3, 0.4) is 0 Å². The van der Waals surface area contributed by atoms with Gasteiger partial charge in [-0.05, 0) is 31.0 Å². The maximum Gasteiger partial charge on any atom is 0.257 e. The molecule has 1 aromatic carbocycles. The molecule has 0 aliphatic heterocycles. The molecule has 1 rings (SSSR count). The normalized spacial score (nSPS) is 11.9. The minimum Gasteiger partial charge on any atom is -0.484 e. The van der Waals surface area contributed by atoms with Crippen LogP contribution >= 0.6 is 0 Å². The van der Waals surface area contributed by atoms with E-state index in [4.69, 9.17) is 4.74 Å². The van der Waals surface area contributed by atoms with Crippen molar-refractivity contribution in [3.8, 4) is 5.75 Å². The quantitative estimate of drug-likeness (QED) is 0.791. The SMILES string of the molecule is CCCNC(=O)COc1cccc([C@H](C)O)c1. The molecule has 17 heavy (non-hydrogen) atoms. The molecule has 1 amide bonds. The zero-order valence-corrected chi connectivity index (χ0v) is 10.3. The van der Waals surface area contributed by atoms with Gasteiger partial charge in [-0.2, -0.15) is 0 Å². The molecule has 0 aliphatic rings. The smallest absolute Gasteiger partial charge is 0.257 e. The van der Waals surface area contributed by atoms with Crippen molar-refractivity contribution in [3.05, 3.63) is 29.8 Å². The Bertz CT molecular complexity index is 363. The van der Waals surface area contributed by atoms with Crippen molar-refractivity contribution in [3.63, 3.8) is 0 Å². The second-order valence-electron chi connectivity index (χ2n) is 3.89. The standard InChI is InChI=1S/C13H19NO3/c1-3-7-14-13(16)9-17-12-6-4-5-11(8-12)10(2)15/h4-6,8,10,15H,3,7,9H2,1-2H3,(H,14,16)/t10-/m0/s1. The number of carbonyl (C=O) groups is 1. The average molecular weight is 237 g/mol. The third-order valence-corrected chi connectivity index (χ3v) is 2.28. The Morgan fingerprint density at radius 2 is 2.29 bits per heavy atom. The zero-order valence-electron chi connectivity index (χ0n) is 10.3. The first-order valence-corrected chi connectivity index (χ1v) is 5.81. The molecule has 4 heteroatoms. The Morgan fingerprint density at radius 3 is 2.94 bits per heavy atom. The van der Waals surface area contributed by atoms with Crippen molar-refractivity contribution in [1.82, 2.24) is 5.32 Å². The lowest BCUT2D eigenvalue weighted by molar-refractivity contribution is -0.123. The van der Waals surface area contributed by atoms with Crippen LogP contribution in [0.15, 0.2) is 24.3 Å². The van der Waals surface area contributed by atoms with E-state index in [-0.39, 0.29) is 12.5 Å².